The first-order valence-electron chi connectivity index (χ1n) is 5.40. The van der Waals surface area contributed by atoms with Crippen molar-refractivity contribution in [2.24, 2.45) is 0 Å². The van der Waals surface area contributed by atoms with Crippen molar-refractivity contribution in [2.45, 2.75) is 13.5 Å². The van der Waals surface area contributed by atoms with Gasteiger partial charge in [0.15, 0.2) is 0 Å². The molecular weight excluding hydrogens is 202 g/mol. The van der Waals surface area contributed by atoms with Crippen molar-refractivity contribution in [1.82, 2.24) is 4.90 Å². The summed E-state index contributed by atoms with van der Waals surface area (Å²) in [5.41, 5.74) is 2.01. The van der Waals surface area contributed by atoms with E-state index in [9.17, 15) is 5.11 Å². The van der Waals surface area contributed by atoms with E-state index < -0.39 is 0 Å². The number of aromatic hydroxyl groups is 1. The molecule has 0 fully saturated rings. The number of phenolic OH excluding ortho intramolecular Hbond substituents is 1. The van der Waals surface area contributed by atoms with Gasteiger partial charge in [-0.2, -0.15) is 0 Å². The lowest BCUT2D eigenvalue weighted by Gasteiger charge is -2.20. The van der Waals surface area contributed by atoms with Crippen molar-refractivity contribution in [3.8, 4) is 5.75 Å². The summed E-state index contributed by atoms with van der Waals surface area (Å²) < 4.78 is 0. The quantitative estimate of drug-likeness (QED) is 0.718. The molecule has 0 atom stereocenters. The Kier molecular flexibility index (Phi) is 5.02. The number of rotatable bonds is 6. The molecule has 3 nitrogen and oxygen atoms in total. The van der Waals surface area contributed by atoms with Crippen LogP contribution in [0.25, 0.3) is 0 Å². The summed E-state index contributed by atoms with van der Waals surface area (Å²) in [6.07, 6.45) is 1.79. The van der Waals surface area contributed by atoms with E-state index in [0.29, 0.717) is 25.4 Å². The summed E-state index contributed by atoms with van der Waals surface area (Å²) in [6, 6.07) is 5.54. The number of aliphatic hydroxyl groups excluding tert-OH is 1. The van der Waals surface area contributed by atoms with Crippen LogP contribution in [-0.2, 0) is 6.54 Å². The van der Waals surface area contributed by atoms with E-state index >= 15 is 0 Å². The second kappa shape index (κ2) is 6.30. The topological polar surface area (TPSA) is 43.7 Å². The molecule has 1 rings (SSSR count). The molecule has 0 spiro atoms. The minimum Gasteiger partial charge on any atom is -0.508 e. The Bertz CT molecular complexity index is 350. The highest BCUT2D eigenvalue weighted by atomic mass is 16.3. The summed E-state index contributed by atoms with van der Waals surface area (Å²) in [6.45, 7) is 7.69. The van der Waals surface area contributed by atoms with Gasteiger partial charge in [0.1, 0.15) is 5.75 Å². The average Bonchev–Trinajstić information content (AvgIpc) is 2.24. The Balaban J connectivity index is 2.75. The molecule has 0 bridgehead atoms. The molecule has 0 aromatic heterocycles. The van der Waals surface area contributed by atoms with E-state index in [1.165, 1.54) is 0 Å². The number of hydrogen-bond donors (Lipinski definition) is 2. The molecular formula is C13H19NO2. The van der Waals surface area contributed by atoms with E-state index in [-0.39, 0.29) is 6.61 Å². The molecule has 0 saturated carbocycles. The van der Waals surface area contributed by atoms with Crippen LogP contribution in [0.3, 0.4) is 0 Å². The maximum absolute atomic E-state index is 9.71. The van der Waals surface area contributed by atoms with Crippen molar-refractivity contribution in [1.29, 1.82) is 0 Å². The second-order valence-corrected chi connectivity index (χ2v) is 3.88. The van der Waals surface area contributed by atoms with Crippen molar-refractivity contribution >= 4 is 0 Å². The fourth-order valence-corrected chi connectivity index (χ4v) is 1.64. The molecule has 1 aromatic rings. The Morgan fingerprint density at radius 3 is 2.81 bits per heavy atom. The molecule has 2 N–H and O–H groups in total. The first-order chi connectivity index (χ1) is 7.67. The molecule has 0 aliphatic carbocycles. The maximum Gasteiger partial charge on any atom is 0.120 e. The highest BCUT2D eigenvalue weighted by Crippen LogP contribution is 2.19. The van der Waals surface area contributed by atoms with Gasteiger partial charge in [0.2, 0.25) is 0 Å². The van der Waals surface area contributed by atoms with Gasteiger partial charge in [-0.15, -0.1) is 6.58 Å². The predicted molar refractivity (Wildman–Crippen MR) is 65.4 cm³/mol. The van der Waals surface area contributed by atoms with Crippen LogP contribution < -0.4 is 0 Å². The average molecular weight is 221 g/mol. The van der Waals surface area contributed by atoms with Gasteiger partial charge in [-0.05, 0) is 13.0 Å². The number of aliphatic hydroxyl groups is 1. The van der Waals surface area contributed by atoms with Crippen LogP contribution in [0.5, 0.6) is 5.75 Å². The Labute approximate surface area is 96.6 Å². The predicted octanol–water partition coefficient (Wildman–Crippen LogP) is 1.68. The van der Waals surface area contributed by atoms with Gasteiger partial charge in [-0.1, -0.05) is 23.8 Å². The highest BCUT2D eigenvalue weighted by molar-refractivity contribution is 5.35. The number of aryl methyl sites for hydroxylation is 1. The molecule has 3 heteroatoms. The zero-order valence-corrected chi connectivity index (χ0v) is 9.69. The fourth-order valence-electron chi connectivity index (χ4n) is 1.64. The first-order valence-corrected chi connectivity index (χ1v) is 5.40. The van der Waals surface area contributed by atoms with Crippen LogP contribution in [-0.4, -0.2) is 34.8 Å². The van der Waals surface area contributed by atoms with E-state index in [0.717, 1.165) is 11.1 Å². The van der Waals surface area contributed by atoms with Gasteiger partial charge in [0.05, 0.1) is 6.61 Å². The smallest absolute Gasteiger partial charge is 0.120 e. The third-order valence-electron chi connectivity index (χ3n) is 2.43. The third kappa shape index (κ3) is 3.68. The van der Waals surface area contributed by atoms with Gasteiger partial charge < -0.3 is 10.2 Å². The van der Waals surface area contributed by atoms with E-state index in [1.807, 2.05) is 24.0 Å². The summed E-state index contributed by atoms with van der Waals surface area (Å²) in [5, 5.41) is 18.6. The Morgan fingerprint density at radius 1 is 1.44 bits per heavy atom. The van der Waals surface area contributed by atoms with Gasteiger partial charge in [0.25, 0.3) is 0 Å². The van der Waals surface area contributed by atoms with Crippen molar-refractivity contribution in [2.75, 3.05) is 19.7 Å². The molecule has 0 radical (unpaired) electrons. The number of phenols is 1. The second-order valence-electron chi connectivity index (χ2n) is 3.88. The zero-order chi connectivity index (χ0) is 12.0. The molecule has 0 aliphatic heterocycles. The summed E-state index contributed by atoms with van der Waals surface area (Å²) in [7, 11) is 0. The van der Waals surface area contributed by atoms with Crippen molar-refractivity contribution < 1.29 is 10.2 Å². The Hall–Kier alpha value is -1.32. The zero-order valence-electron chi connectivity index (χ0n) is 9.69. The molecule has 0 heterocycles. The lowest BCUT2D eigenvalue weighted by atomic mass is 10.1. The molecule has 1 aromatic carbocycles. The summed E-state index contributed by atoms with van der Waals surface area (Å²) in [4.78, 5) is 2.03. The number of benzene rings is 1. The van der Waals surface area contributed by atoms with Crippen molar-refractivity contribution in [3.05, 3.63) is 42.0 Å². The maximum atomic E-state index is 9.71. The molecule has 0 unspecified atom stereocenters. The highest BCUT2D eigenvalue weighted by Gasteiger charge is 2.07. The normalized spacial score (nSPS) is 10.7. The van der Waals surface area contributed by atoms with Gasteiger partial charge in [0, 0.05) is 25.2 Å². The molecule has 0 amide bonds. The van der Waals surface area contributed by atoms with E-state index in [2.05, 4.69) is 6.58 Å². The van der Waals surface area contributed by atoms with Crippen molar-refractivity contribution in [3.63, 3.8) is 0 Å². The van der Waals surface area contributed by atoms with Crippen LogP contribution in [0, 0.1) is 6.92 Å². The van der Waals surface area contributed by atoms with Gasteiger partial charge in [-0.3, -0.25) is 4.90 Å². The fraction of sp³-hybridized carbons (Fsp3) is 0.385. The van der Waals surface area contributed by atoms with Crippen LogP contribution in [0.2, 0.25) is 0 Å². The van der Waals surface area contributed by atoms with Gasteiger partial charge >= 0.3 is 0 Å². The lowest BCUT2D eigenvalue weighted by Crippen LogP contribution is -2.26. The van der Waals surface area contributed by atoms with Gasteiger partial charge in [-0.25, -0.2) is 0 Å². The molecule has 16 heavy (non-hydrogen) atoms. The third-order valence-corrected chi connectivity index (χ3v) is 2.43. The minimum absolute atomic E-state index is 0.112. The largest absolute Gasteiger partial charge is 0.508 e. The van der Waals surface area contributed by atoms with Crippen LogP contribution >= 0.6 is 0 Å². The van der Waals surface area contributed by atoms with Crippen LogP contribution in [0.1, 0.15) is 11.1 Å². The van der Waals surface area contributed by atoms with Crippen LogP contribution in [0.15, 0.2) is 30.9 Å². The Morgan fingerprint density at radius 2 is 2.19 bits per heavy atom. The SMILES string of the molecule is C=CCN(CCO)Cc1cc(C)ccc1O. The number of hydrogen-bond acceptors (Lipinski definition) is 3. The minimum atomic E-state index is 0.112. The van der Waals surface area contributed by atoms with E-state index in [1.54, 1.807) is 12.1 Å². The standard InChI is InChI=1S/C13H19NO2/c1-3-6-14(7-8-15)10-12-9-11(2)4-5-13(12)16/h3-5,9,15-16H,1,6-8,10H2,2H3. The van der Waals surface area contributed by atoms with E-state index in [4.69, 9.17) is 5.11 Å². The molecule has 0 saturated heterocycles. The summed E-state index contributed by atoms with van der Waals surface area (Å²) in [5.74, 6) is 0.303. The summed E-state index contributed by atoms with van der Waals surface area (Å²) >= 11 is 0. The molecule has 0 aliphatic rings. The first kappa shape index (κ1) is 12.7. The number of nitrogens with zero attached hydrogens (tertiary/aromatic N) is 1. The monoisotopic (exact) mass is 221 g/mol. The lowest BCUT2D eigenvalue weighted by molar-refractivity contribution is 0.202. The van der Waals surface area contributed by atoms with Crippen LogP contribution in [0.4, 0.5) is 0 Å². The molecule has 88 valence electrons.